The number of thiazole rings is 1. The molecule has 2 rings (SSSR count). The summed E-state index contributed by atoms with van der Waals surface area (Å²) in [6, 6.07) is 7.65. The van der Waals surface area contributed by atoms with Crippen LogP contribution in [0.4, 0.5) is 0 Å². The zero-order chi connectivity index (χ0) is 15.2. The monoisotopic (exact) mass is 305 g/mol. The highest BCUT2D eigenvalue weighted by molar-refractivity contribution is 7.09. The predicted octanol–water partition coefficient (Wildman–Crippen LogP) is 2.14. The van der Waals surface area contributed by atoms with Crippen LogP contribution in [-0.2, 0) is 6.42 Å². The van der Waals surface area contributed by atoms with Crippen molar-refractivity contribution in [3.8, 4) is 5.75 Å². The number of hydrogen-bond donors (Lipinski definition) is 2. The molecule has 3 N–H and O–H groups in total. The Bertz CT molecular complexity index is 610. The highest BCUT2D eigenvalue weighted by Gasteiger charge is 2.12. The van der Waals surface area contributed by atoms with E-state index in [9.17, 15) is 4.79 Å². The van der Waals surface area contributed by atoms with Crippen molar-refractivity contribution in [2.24, 2.45) is 5.73 Å². The first-order valence-corrected chi connectivity index (χ1v) is 7.60. The lowest BCUT2D eigenvalue weighted by molar-refractivity contribution is 0.0949. The van der Waals surface area contributed by atoms with Crippen molar-refractivity contribution in [1.82, 2.24) is 10.3 Å². The summed E-state index contributed by atoms with van der Waals surface area (Å²) in [7, 11) is 1.64. The third kappa shape index (κ3) is 4.27. The van der Waals surface area contributed by atoms with Crippen LogP contribution in [0.25, 0.3) is 0 Å². The number of carbonyl (C=O) groups is 1. The first-order chi connectivity index (χ1) is 10.1. The van der Waals surface area contributed by atoms with Gasteiger partial charge in [-0.1, -0.05) is 12.1 Å². The van der Waals surface area contributed by atoms with Crippen LogP contribution in [0.5, 0.6) is 5.75 Å². The molecule has 0 radical (unpaired) electrons. The molecule has 6 heteroatoms. The Morgan fingerprint density at radius 3 is 3.00 bits per heavy atom. The normalized spacial score (nSPS) is 12.0. The van der Waals surface area contributed by atoms with Crippen molar-refractivity contribution in [1.29, 1.82) is 0 Å². The number of nitrogens with zero attached hydrogens (tertiary/aromatic N) is 1. The largest absolute Gasteiger partial charge is 0.497 e. The molecule has 21 heavy (non-hydrogen) atoms. The lowest BCUT2D eigenvalue weighted by atomic mass is 10.1. The van der Waals surface area contributed by atoms with E-state index in [1.165, 1.54) is 11.3 Å². The van der Waals surface area contributed by atoms with Gasteiger partial charge in [0.1, 0.15) is 16.5 Å². The van der Waals surface area contributed by atoms with Crippen molar-refractivity contribution < 1.29 is 9.53 Å². The van der Waals surface area contributed by atoms with Crippen molar-refractivity contribution in [2.45, 2.75) is 19.4 Å². The number of methoxy groups -OCH3 is 1. The molecule has 0 fully saturated rings. The molecule has 0 saturated heterocycles. The molecule has 1 heterocycles. The molecule has 0 saturated carbocycles. The number of hydrogen-bond acceptors (Lipinski definition) is 5. The first-order valence-electron chi connectivity index (χ1n) is 6.72. The van der Waals surface area contributed by atoms with Crippen LogP contribution in [0.15, 0.2) is 29.6 Å². The number of amides is 1. The van der Waals surface area contributed by atoms with Gasteiger partial charge in [0, 0.05) is 11.9 Å². The molecule has 0 aliphatic rings. The maximum Gasteiger partial charge on any atom is 0.270 e. The van der Waals surface area contributed by atoms with E-state index in [0.717, 1.165) is 22.7 Å². The molecule has 1 aromatic carbocycles. The summed E-state index contributed by atoms with van der Waals surface area (Å²) >= 11 is 1.41. The van der Waals surface area contributed by atoms with Crippen molar-refractivity contribution in [3.63, 3.8) is 0 Å². The van der Waals surface area contributed by atoms with Gasteiger partial charge < -0.3 is 15.8 Å². The molecule has 1 unspecified atom stereocenters. The predicted molar refractivity (Wildman–Crippen MR) is 83.7 cm³/mol. The summed E-state index contributed by atoms with van der Waals surface area (Å²) in [5.74, 6) is 0.654. The molecule has 0 aliphatic heterocycles. The Balaban J connectivity index is 1.86. The van der Waals surface area contributed by atoms with Crippen LogP contribution in [0.2, 0.25) is 0 Å². The van der Waals surface area contributed by atoms with Gasteiger partial charge >= 0.3 is 0 Å². The topological polar surface area (TPSA) is 77.2 Å². The van der Waals surface area contributed by atoms with E-state index in [-0.39, 0.29) is 11.9 Å². The van der Waals surface area contributed by atoms with Gasteiger partial charge in [-0.25, -0.2) is 4.98 Å². The SMILES string of the molecule is COc1cccc(CCNC(=O)c2csc(C(C)N)n2)c1. The van der Waals surface area contributed by atoms with Crippen molar-refractivity contribution in [2.75, 3.05) is 13.7 Å². The maximum atomic E-state index is 12.0. The molecule has 2 aromatic rings. The van der Waals surface area contributed by atoms with E-state index in [1.807, 2.05) is 31.2 Å². The summed E-state index contributed by atoms with van der Waals surface area (Å²) in [6.45, 7) is 2.40. The zero-order valence-corrected chi connectivity index (χ0v) is 12.9. The van der Waals surface area contributed by atoms with Gasteiger partial charge in [0.25, 0.3) is 5.91 Å². The zero-order valence-electron chi connectivity index (χ0n) is 12.1. The lowest BCUT2D eigenvalue weighted by Gasteiger charge is -2.05. The lowest BCUT2D eigenvalue weighted by Crippen LogP contribution is -2.26. The van der Waals surface area contributed by atoms with Gasteiger partial charge in [-0.15, -0.1) is 11.3 Å². The Labute approximate surface area is 128 Å². The van der Waals surface area contributed by atoms with Crippen LogP contribution in [-0.4, -0.2) is 24.5 Å². The Morgan fingerprint density at radius 2 is 2.33 bits per heavy atom. The summed E-state index contributed by atoms with van der Waals surface area (Å²) in [5.41, 5.74) is 7.28. The van der Waals surface area contributed by atoms with Gasteiger partial charge in [0.2, 0.25) is 0 Å². The second-order valence-corrected chi connectivity index (χ2v) is 5.61. The van der Waals surface area contributed by atoms with E-state index >= 15 is 0 Å². The molecule has 112 valence electrons. The molecular formula is C15H19N3O2S. The number of rotatable bonds is 6. The van der Waals surface area contributed by atoms with Crippen LogP contribution in [0, 0.1) is 0 Å². The maximum absolute atomic E-state index is 12.0. The average Bonchev–Trinajstić information content (AvgIpc) is 2.97. The Kier molecular flexibility index (Phi) is 5.30. The standard InChI is InChI=1S/C15H19N3O2S/c1-10(16)15-18-13(9-21-15)14(19)17-7-6-11-4-3-5-12(8-11)20-2/h3-5,8-10H,6-7,16H2,1-2H3,(H,17,19). The van der Waals surface area contributed by atoms with Gasteiger partial charge in [-0.3, -0.25) is 4.79 Å². The van der Waals surface area contributed by atoms with E-state index in [1.54, 1.807) is 12.5 Å². The number of nitrogens with one attached hydrogen (secondary N) is 1. The fraction of sp³-hybridized carbons (Fsp3) is 0.333. The van der Waals surface area contributed by atoms with Crippen LogP contribution < -0.4 is 15.8 Å². The number of ether oxygens (including phenoxy) is 1. The minimum Gasteiger partial charge on any atom is -0.497 e. The minimum atomic E-state index is -0.166. The molecule has 0 spiro atoms. The summed E-state index contributed by atoms with van der Waals surface area (Å²) in [4.78, 5) is 16.2. The highest BCUT2D eigenvalue weighted by atomic mass is 32.1. The molecule has 1 atom stereocenters. The average molecular weight is 305 g/mol. The fourth-order valence-corrected chi connectivity index (χ4v) is 2.60. The van der Waals surface area contributed by atoms with Crippen LogP contribution in [0.1, 0.15) is 34.0 Å². The fourth-order valence-electron chi connectivity index (χ4n) is 1.84. The molecule has 0 bridgehead atoms. The highest BCUT2D eigenvalue weighted by Crippen LogP contribution is 2.16. The molecule has 1 aromatic heterocycles. The van der Waals surface area contributed by atoms with E-state index in [0.29, 0.717) is 12.2 Å². The number of aromatic nitrogens is 1. The van der Waals surface area contributed by atoms with E-state index in [4.69, 9.17) is 10.5 Å². The smallest absolute Gasteiger partial charge is 0.270 e. The third-order valence-electron chi connectivity index (χ3n) is 2.98. The summed E-state index contributed by atoms with van der Waals surface area (Å²) in [6.07, 6.45) is 0.743. The number of benzene rings is 1. The molecule has 1 amide bonds. The quantitative estimate of drug-likeness (QED) is 0.857. The van der Waals surface area contributed by atoms with Crippen LogP contribution >= 0.6 is 11.3 Å². The van der Waals surface area contributed by atoms with Crippen LogP contribution in [0.3, 0.4) is 0 Å². The minimum absolute atomic E-state index is 0.145. The number of carbonyl (C=O) groups excluding carboxylic acids is 1. The van der Waals surface area contributed by atoms with Gasteiger partial charge in [0.05, 0.1) is 13.2 Å². The van der Waals surface area contributed by atoms with Crippen molar-refractivity contribution >= 4 is 17.2 Å². The third-order valence-corrected chi connectivity index (χ3v) is 4.02. The van der Waals surface area contributed by atoms with E-state index < -0.39 is 0 Å². The molecule has 5 nitrogen and oxygen atoms in total. The Hall–Kier alpha value is -1.92. The van der Waals surface area contributed by atoms with Gasteiger partial charge in [-0.2, -0.15) is 0 Å². The van der Waals surface area contributed by atoms with Gasteiger partial charge in [-0.05, 0) is 31.0 Å². The van der Waals surface area contributed by atoms with Gasteiger partial charge in [0.15, 0.2) is 0 Å². The van der Waals surface area contributed by atoms with E-state index in [2.05, 4.69) is 10.3 Å². The second kappa shape index (κ2) is 7.19. The molecular weight excluding hydrogens is 286 g/mol. The van der Waals surface area contributed by atoms with Crippen molar-refractivity contribution in [3.05, 3.63) is 45.9 Å². The first kappa shape index (κ1) is 15.5. The summed E-state index contributed by atoms with van der Waals surface area (Å²) in [5, 5.41) is 5.37. The Morgan fingerprint density at radius 1 is 1.52 bits per heavy atom. The summed E-state index contributed by atoms with van der Waals surface area (Å²) < 4.78 is 5.17. The second-order valence-electron chi connectivity index (χ2n) is 4.72. The number of nitrogens with two attached hydrogens (primary N) is 1. The molecule has 0 aliphatic carbocycles.